The van der Waals surface area contributed by atoms with Crippen LogP contribution in [0.15, 0.2) is 48.8 Å². The SMILES string of the molecule is CCCCCCCc1cc(CCCCCCC)c[n+](C(CC)c2ccccc2)c1. The van der Waals surface area contributed by atoms with E-state index in [4.69, 9.17) is 0 Å². The lowest BCUT2D eigenvalue weighted by Gasteiger charge is -2.14. The summed E-state index contributed by atoms with van der Waals surface area (Å²) in [6.45, 7) is 6.90. The van der Waals surface area contributed by atoms with Crippen LogP contribution in [0.3, 0.4) is 0 Å². The smallest absolute Gasteiger partial charge is 0.183 e. The van der Waals surface area contributed by atoms with Crippen LogP contribution in [0.4, 0.5) is 0 Å². The van der Waals surface area contributed by atoms with Crippen molar-refractivity contribution in [3.05, 3.63) is 65.5 Å². The molecule has 1 heterocycles. The van der Waals surface area contributed by atoms with Crippen LogP contribution in [0, 0.1) is 0 Å². The summed E-state index contributed by atoms with van der Waals surface area (Å²) in [5.74, 6) is 0. The van der Waals surface area contributed by atoms with Gasteiger partial charge in [-0.1, -0.05) is 102 Å². The molecule has 29 heavy (non-hydrogen) atoms. The van der Waals surface area contributed by atoms with Crippen molar-refractivity contribution in [2.75, 3.05) is 0 Å². The molecule has 0 radical (unpaired) electrons. The zero-order valence-electron chi connectivity index (χ0n) is 19.3. The van der Waals surface area contributed by atoms with Crippen molar-refractivity contribution in [2.24, 2.45) is 0 Å². The third-order valence-electron chi connectivity index (χ3n) is 6.07. The van der Waals surface area contributed by atoms with Crippen LogP contribution in [0.5, 0.6) is 0 Å². The van der Waals surface area contributed by atoms with Crippen molar-refractivity contribution < 1.29 is 4.57 Å². The Labute approximate surface area is 180 Å². The third-order valence-corrected chi connectivity index (χ3v) is 6.07. The monoisotopic (exact) mass is 394 g/mol. The van der Waals surface area contributed by atoms with Crippen LogP contribution in [0.25, 0.3) is 0 Å². The topological polar surface area (TPSA) is 3.88 Å². The van der Waals surface area contributed by atoms with Gasteiger partial charge >= 0.3 is 0 Å². The van der Waals surface area contributed by atoms with Gasteiger partial charge < -0.3 is 0 Å². The van der Waals surface area contributed by atoms with Gasteiger partial charge in [-0.15, -0.1) is 0 Å². The highest BCUT2D eigenvalue weighted by atomic mass is 15.0. The number of pyridine rings is 1. The number of hydrogen-bond donors (Lipinski definition) is 0. The number of nitrogens with zero attached hydrogens (tertiary/aromatic N) is 1. The van der Waals surface area contributed by atoms with Gasteiger partial charge in [0.25, 0.3) is 0 Å². The van der Waals surface area contributed by atoms with Gasteiger partial charge in [0.15, 0.2) is 18.4 Å². The Kier molecular flexibility index (Phi) is 11.7. The summed E-state index contributed by atoms with van der Waals surface area (Å²) in [7, 11) is 0. The molecule has 1 aromatic heterocycles. The van der Waals surface area contributed by atoms with E-state index in [-0.39, 0.29) is 0 Å². The molecule has 2 rings (SSSR count). The lowest BCUT2D eigenvalue weighted by Crippen LogP contribution is -2.40. The van der Waals surface area contributed by atoms with E-state index >= 15 is 0 Å². The van der Waals surface area contributed by atoms with Crippen molar-refractivity contribution in [2.45, 2.75) is 110 Å². The Morgan fingerprint density at radius 1 is 0.655 bits per heavy atom. The Bertz CT molecular complexity index is 629. The lowest BCUT2D eigenvalue weighted by atomic mass is 10.00. The van der Waals surface area contributed by atoms with Gasteiger partial charge in [-0.05, 0) is 31.7 Å². The minimum absolute atomic E-state index is 0.440. The summed E-state index contributed by atoms with van der Waals surface area (Å²) >= 11 is 0. The first-order valence-corrected chi connectivity index (χ1v) is 12.4. The first kappa shape index (κ1) is 23.6. The molecule has 0 fully saturated rings. The molecule has 1 unspecified atom stereocenters. The maximum Gasteiger partial charge on any atom is 0.183 e. The fourth-order valence-electron chi connectivity index (χ4n) is 4.35. The summed E-state index contributed by atoms with van der Waals surface area (Å²) in [4.78, 5) is 0. The van der Waals surface area contributed by atoms with Gasteiger partial charge in [-0.25, -0.2) is 0 Å². The van der Waals surface area contributed by atoms with Gasteiger partial charge in [-0.2, -0.15) is 4.57 Å². The van der Waals surface area contributed by atoms with Gasteiger partial charge in [0.1, 0.15) is 0 Å². The molecule has 0 amide bonds. The number of benzene rings is 1. The number of rotatable bonds is 15. The second kappa shape index (κ2) is 14.4. The summed E-state index contributed by atoms with van der Waals surface area (Å²) in [5, 5.41) is 0. The first-order chi connectivity index (χ1) is 14.3. The van der Waals surface area contributed by atoms with E-state index in [2.05, 4.69) is 74.1 Å². The Morgan fingerprint density at radius 3 is 1.66 bits per heavy atom. The molecule has 1 nitrogen and oxygen atoms in total. The summed E-state index contributed by atoms with van der Waals surface area (Å²) in [5.41, 5.74) is 4.48. The zero-order valence-corrected chi connectivity index (χ0v) is 19.3. The van der Waals surface area contributed by atoms with Crippen molar-refractivity contribution in [3.63, 3.8) is 0 Å². The number of aryl methyl sites for hydroxylation is 2. The fourth-order valence-corrected chi connectivity index (χ4v) is 4.35. The van der Waals surface area contributed by atoms with E-state index in [1.165, 1.54) is 93.7 Å². The number of aromatic nitrogens is 1. The van der Waals surface area contributed by atoms with E-state index in [1.54, 1.807) is 0 Å². The van der Waals surface area contributed by atoms with E-state index in [0.717, 1.165) is 6.42 Å². The molecular formula is C28H44N+. The predicted molar refractivity (Wildman–Crippen MR) is 126 cm³/mol. The van der Waals surface area contributed by atoms with Crippen LogP contribution in [0.2, 0.25) is 0 Å². The predicted octanol–water partition coefficient (Wildman–Crippen LogP) is 8.00. The lowest BCUT2D eigenvalue weighted by molar-refractivity contribution is -0.714. The Hall–Kier alpha value is -1.63. The van der Waals surface area contributed by atoms with Gasteiger partial charge in [0.2, 0.25) is 0 Å². The van der Waals surface area contributed by atoms with Crippen molar-refractivity contribution in [1.82, 2.24) is 0 Å². The van der Waals surface area contributed by atoms with E-state index < -0.39 is 0 Å². The van der Waals surface area contributed by atoms with E-state index in [0.29, 0.717) is 6.04 Å². The van der Waals surface area contributed by atoms with Crippen LogP contribution in [0.1, 0.15) is 114 Å². The number of hydrogen-bond acceptors (Lipinski definition) is 0. The molecule has 160 valence electrons. The van der Waals surface area contributed by atoms with Gasteiger partial charge in [0.05, 0.1) is 0 Å². The van der Waals surface area contributed by atoms with Crippen molar-refractivity contribution in [1.29, 1.82) is 0 Å². The highest BCUT2D eigenvalue weighted by molar-refractivity contribution is 5.19. The van der Waals surface area contributed by atoms with Crippen molar-refractivity contribution in [3.8, 4) is 0 Å². The van der Waals surface area contributed by atoms with Crippen molar-refractivity contribution >= 4 is 0 Å². The van der Waals surface area contributed by atoms with Crippen LogP contribution in [-0.4, -0.2) is 0 Å². The average molecular weight is 395 g/mol. The molecule has 0 aliphatic carbocycles. The molecule has 0 saturated heterocycles. The van der Waals surface area contributed by atoms with Gasteiger partial charge in [-0.3, -0.25) is 0 Å². The zero-order chi connectivity index (χ0) is 20.7. The molecule has 0 aliphatic rings. The molecular weight excluding hydrogens is 350 g/mol. The molecule has 0 aliphatic heterocycles. The minimum atomic E-state index is 0.440. The van der Waals surface area contributed by atoms with Crippen LogP contribution in [-0.2, 0) is 12.8 Å². The molecule has 1 atom stereocenters. The average Bonchev–Trinajstić information content (AvgIpc) is 2.75. The fraction of sp³-hybridized carbons (Fsp3) is 0.607. The highest BCUT2D eigenvalue weighted by Gasteiger charge is 2.20. The quantitative estimate of drug-likeness (QED) is 0.213. The first-order valence-electron chi connectivity index (χ1n) is 12.4. The molecule has 2 aromatic rings. The van der Waals surface area contributed by atoms with E-state index in [1.807, 2.05) is 0 Å². The van der Waals surface area contributed by atoms with E-state index in [9.17, 15) is 0 Å². The summed E-state index contributed by atoms with van der Waals surface area (Å²) in [6, 6.07) is 14.0. The second-order valence-corrected chi connectivity index (χ2v) is 8.66. The molecule has 1 heteroatoms. The normalized spacial score (nSPS) is 12.2. The summed E-state index contributed by atoms with van der Waals surface area (Å²) in [6.07, 6.45) is 22.0. The highest BCUT2D eigenvalue weighted by Crippen LogP contribution is 2.18. The molecule has 1 aromatic carbocycles. The van der Waals surface area contributed by atoms with Crippen LogP contribution >= 0.6 is 0 Å². The Morgan fingerprint density at radius 2 is 1.17 bits per heavy atom. The molecule has 0 N–H and O–H groups in total. The van der Waals surface area contributed by atoms with Gasteiger partial charge in [0, 0.05) is 23.1 Å². The molecule has 0 saturated carbocycles. The minimum Gasteiger partial charge on any atom is -0.198 e. The second-order valence-electron chi connectivity index (χ2n) is 8.66. The largest absolute Gasteiger partial charge is 0.198 e. The third kappa shape index (κ3) is 8.72. The summed E-state index contributed by atoms with van der Waals surface area (Å²) < 4.78 is 2.51. The standard InChI is InChI=1S/C28H44N/c1-4-7-9-11-14-18-25-22-26(19-15-12-10-8-5-2)24-29(23-25)28(6-3)27-20-16-13-17-21-27/h13,16-17,20-24,28H,4-12,14-15,18-19H2,1-3H3/q+1. The molecule has 0 bridgehead atoms. The Balaban J connectivity index is 2.12. The van der Waals surface area contributed by atoms with Crippen LogP contribution < -0.4 is 4.57 Å². The molecule has 0 spiro atoms. The maximum atomic E-state index is 2.51. The maximum absolute atomic E-state index is 2.51. The number of unbranched alkanes of at least 4 members (excludes halogenated alkanes) is 8.